The van der Waals surface area contributed by atoms with Gasteiger partial charge in [-0.05, 0) is 79.0 Å². The Hall–Kier alpha value is -2.06. The molecule has 1 unspecified atom stereocenters. The van der Waals surface area contributed by atoms with Crippen molar-refractivity contribution in [2.45, 2.75) is 38.0 Å². The minimum absolute atomic E-state index is 0.627. The van der Waals surface area contributed by atoms with Crippen LogP contribution < -0.4 is 4.74 Å². The van der Waals surface area contributed by atoms with Crippen molar-refractivity contribution >= 4 is 6.08 Å². The Bertz CT molecular complexity index is 808. The van der Waals surface area contributed by atoms with Gasteiger partial charge in [-0.1, -0.05) is 42.5 Å². The zero-order valence-corrected chi connectivity index (χ0v) is 16.0. The highest BCUT2D eigenvalue weighted by Crippen LogP contribution is 2.36. The first-order valence-corrected chi connectivity index (χ1v) is 9.87. The van der Waals surface area contributed by atoms with E-state index in [2.05, 4.69) is 60.5 Å². The molecule has 0 aliphatic heterocycles. The molecule has 0 heterocycles. The minimum atomic E-state index is 0.627. The highest BCUT2D eigenvalue weighted by atomic mass is 16.5. The van der Waals surface area contributed by atoms with Crippen LogP contribution in [0.15, 0.2) is 42.5 Å². The summed E-state index contributed by atoms with van der Waals surface area (Å²) in [6.45, 7) is 2.24. The first kappa shape index (κ1) is 17.4. The number of fused-ring (bicyclic) bond motifs is 2. The number of nitrogens with zero attached hydrogens (tertiary/aromatic N) is 1. The predicted octanol–water partition coefficient (Wildman–Crippen LogP) is 4.86. The van der Waals surface area contributed by atoms with E-state index in [1.807, 2.05) is 0 Å². The van der Waals surface area contributed by atoms with Gasteiger partial charge >= 0.3 is 0 Å². The molecule has 0 saturated heterocycles. The van der Waals surface area contributed by atoms with Crippen molar-refractivity contribution < 1.29 is 4.74 Å². The molecule has 2 aromatic rings. The Morgan fingerprint density at radius 3 is 3.00 bits per heavy atom. The molecule has 0 fully saturated rings. The second-order valence-electron chi connectivity index (χ2n) is 7.77. The predicted molar refractivity (Wildman–Crippen MR) is 109 cm³/mol. The van der Waals surface area contributed by atoms with Crippen molar-refractivity contribution in [2.24, 2.45) is 0 Å². The van der Waals surface area contributed by atoms with Gasteiger partial charge in [0.2, 0.25) is 0 Å². The normalized spacial score (nSPS) is 18.0. The van der Waals surface area contributed by atoms with E-state index >= 15 is 0 Å². The van der Waals surface area contributed by atoms with E-state index in [1.54, 1.807) is 7.11 Å². The number of ether oxygens (including phenoxy) is 1. The van der Waals surface area contributed by atoms with Gasteiger partial charge in [-0.2, -0.15) is 0 Å². The molecule has 2 nitrogen and oxygen atoms in total. The number of hydrogen-bond donors (Lipinski definition) is 0. The molecule has 0 saturated carbocycles. The van der Waals surface area contributed by atoms with Crippen LogP contribution in [0.5, 0.6) is 5.75 Å². The van der Waals surface area contributed by atoms with Crippen LogP contribution in [0.25, 0.3) is 6.08 Å². The summed E-state index contributed by atoms with van der Waals surface area (Å²) in [5, 5.41) is 0. The smallest absolute Gasteiger partial charge is 0.122 e. The molecule has 2 aromatic carbocycles. The number of rotatable bonds is 6. The molecular formula is C24H29NO. The van der Waals surface area contributed by atoms with Crippen LogP contribution in [0.1, 0.15) is 46.6 Å². The third-order valence-electron chi connectivity index (χ3n) is 5.97. The Balaban J connectivity index is 1.38. The van der Waals surface area contributed by atoms with E-state index < -0.39 is 0 Å². The van der Waals surface area contributed by atoms with Crippen LogP contribution in [0, 0.1) is 0 Å². The van der Waals surface area contributed by atoms with Crippen LogP contribution >= 0.6 is 0 Å². The molecule has 2 aliphatic carbocycles. The molecule has 0 spiro atoms. The maximum absolute atomic E-state index is 5.59. The van der Waals surface area contributed by atoms with Crippen molar-refractivity contribution in [3.05, 3.63) is 70.3 Å². The van der Waals surface area contributed by atoms with Gasteiger partial charge in [-0.25, -0.2) is 0 Å². The Kier molecular flexibility index (Phi) is 5.12. The fourth-order valence-electron chi connectivity index (χ4n) is 4.54. The minimum Gasteiger partial charge on any atom is -0.496 e. The molecule has 136 valence electrons. The molecule has 0 radical (unpaired) electrons. The van der Waals surface area contributed by atoms with E-state index in [-0.39, 0.29) is 0 Å². The van der Waals surface area contributed by atoms with Crippen LogP contribution in [-0.2, 0) is 19.3 Å². The second-order valence-corrected chi connectivity index (χ2v) is 7.77. The molecule has 0 N–H and O–H groups in total. The van der Waals surface area contributed by atoms with E-state index in [9.17, 15) is 0 Å². The van der Waals surface area contributed by atoms with Gasteiger partial charge in [0, 0.05) is 13.1 Å². The molecule has 0 aromatic heterocycles. The average Bonchev–Trinajstić information content (AvgIpc) is 3.14. The van der Waals surface area contributed by atoms with Crippen molar-refractivity contribution in [1.82, 2.24) is 4.90 Å². The number of benzene rings is 2. The third kappa shape index (κ3) is 3.57. The van der Waals surface area contributed by atoms with Crippen LogP contribution in [-0.4, -0.2) is 32.1 Å². The number of methoxy groups -OCH3 is 1. The number of hydrogen-bond acceptors (Lipinski definition) is 2. The largest absolute Gasteiger partial charge is 0.496 e. The maximum Gasteiger partial charge on any atom is 0.122 e. The van der Waals surface area contributed by atoms with Crippen molar-refractivity contribution in [3.63, 3.8) is 0 Å². The number of allylic oxidation sites excluding steroid dienone is 1. The lowest BCUT2D eigenvalue weighted by molar-refractivity contribution is 0.299. The summed E-state index contributed by atoms with van der Waals surface area (Å²) in [6.07, 6.45) is 10.4. The van der Waals surface area contributed by atoms with Crippen LogP contribution in [0.3, 0.4) is 0 Å². The molecule has 0 bridgehead atoms. The zero-order valence-electron chi connectivity index (χ0n) is 16.0. The van der Waals surface area contributed by atoms with E-state index in [0.717, 1.165) is 38.1 Å². The average molecular weight is 348 g/mol. The quantitative estimate of drug-likeness (QED) is 0.740. The highest BCUT2D eigenvalue weighted by Gasteiger charge is 2.23. The lowest BCUT2D eigenvalue weighted by Crippen LogP contribution is -2.28. The Labute approximate surface area is 157 Å². The molecule has 1 atom stereocenters. The lowest BCUT2D eigenvalue weighted by Gasteiger charge is -2.30. The molecule has 26 heavy (non-hydrogen) atoms. The first-order valence-electron chi connectivity index (χ1n) is 9.87. The van der Waals surface area contributed by atoms with Gasteiger partial charge in [0.1, 0.15) is 5.75 Å². The summed E-state index contributed by atoms with van der Waals surface area (Å²) in [6, 6.07) is 13.5. The van der Waals surface area contributed by atoms with Crippen molar-refractivity contribution in [1.29, 1.82) is 0 Å². The van der Waals surface area contributed by atoms with Gasteiger partial charge < -0.3 is 9.64 Å². The van der Waals surface area contributed by atoms with Gasteiger partial charge in [-0.15, -0.1) is 0 Å². The van der Waals surface area contributed by atoms with Gasteiger partial charge in [0.15, 0.2) is 0 Å². The fourth-order valence-corrected chi connectivity index (χ4v) is 4.54. The van der Waals surface area contributed by atoms with Gasteiger partial charge in [0.25, 0.3) is 0 Å². The molecule has 2 heteroatoms. The van der Waals surface area contributed by atoms with Crippen LogP contribution in [0.2, 0.25) is 0 Å². The van der Waals surface area contributed by atoms with Crippen molar-refractivity contribution in [2.75, 3.05) is 27.2 Å². The Morgan fingerprint density at radius 1 is 1.19 bits per heavy atom. The van der Waals surface area contributed by atoms with E-state index in [0.29, 0.717) is 5.92 Å². The summed E-state index contributed by atoms with van der Waals surface area (Å²) in [4.78, 5) is 2.50. The third-order valence-corrected chi connectivity index (χ3v) is 5.97. The molecular weight excluding hydrogens is 318 g/mol. The van der Waals surface area contributed by atoms with Gasteiger partial charge in [-0.3, -0.25) is 0 Å². The summed E-state index contributed by atoms with van der Waals surface area (Å²) in [5.41, 5.74) is 7.27. The first-order chi connectivity index (χ1) is 12.7. The molecule has 2 aliphatic rings. The second kappa shape index (κ2) is 7.67. The SMILES string of the molecule is COc1cccc2c1CCCC2CN(C)CCc1ccc2c(c1)C=CC2. The van der Waals surface area contributed by atoms with E-state index in [1.165, 1.54) is 40.7 Å². The molecule has 0 amide bonds. The standard InChI is InChI=1S/C24H29NO/c1-25(15-14-18-12-13-19-6-3-7-20(19)16-18)17-21-8-4-10-23-22(21)9-5-11-24(23)26-2/h3,5,7,9,11-13,16,21H,4,6,8,10,14-15,17H2,1-2H3. The molecule has 4 rings (SSSR count). The summed E-state index contributed by atoms with van der Waals surface area (Å²) in [7, 11) is 4.05. The summed E-state index contributed by atoms with van der Waals surface area (Å²) < 4.78 is 5.59. The fraction of sp³-hybridized carbons (Fsp3) is 0.417. The highest BCUT2D eigenvalue weighted by molar-refractivity contribution is 5.60. The van der Waals surface area contributed by atoms with Crippen molar-refractivity contribution in [3.8, 4) is 5.75 Å². The van der Waals surface area contributed by atoms with E-state index in [4.69, 9.17) is 4.74 Å². The monoisotopic (exact) mass is 347 g/mol. The zero-order chi connectivity index (χ0) is 17.9. The number of likely N-dealkylation sites (N-methyl/N-ethyl adjacent to an activating group) is 1. The topological polar surface area (TPSA) is 12.5 Å². The Morgan fingerprint density at radius 2 is 2.12 bits per heavy atom. The maximum atomic E-state index is 5.59. The van der Waals surface area contributed by atoms with Gasteiger partial charge in [0.05, 0.1) is 7.11 Å². The van der Waals surface area contributed by atoms with Crippen LogP contribution in [0.4, 0.5) is 0 Å². The summed E-state index contributed by atoms with van der Waals surface area (Å²) >= 11 is 0. The lowest BCUT2D eigenvalue weighted by atomic mass is 9.82. The summed E-state index contributed by atoms with van der Waals surface area (Å²) in [5.74, 6) is 1.70.